The van der Waals surface area contributed by atoms with Crippen molar-refractivity contribution in [1.29, 1.82) is 0 Å². The van der Waals surface area contributed by atoms with Gasteiger partial charge in [-0.15, -0.1) is 0 Å². The van der Waals surface area contributed by atoms with Crippen molar-refractivity contribution in [3.63, 3.8) is 0 Å². The smallest absolute Gasteiger partial charge is 0.294 e. The number of benzene rings is 1. The quantitative estimate of drug-likeness (QED) is 0.550. The summed E-state index contributed by atoms with van der Waals surface area (Å²) >= 11 is 5.93. The largest absolute Gasteiger partial charge is 0.417 e. The summed E-state index contributed by atoms with van der Waals surface area (Å²) in [7, 11) is 0. The summed E-state index contributed by atoms with van der Waals surface area (Å²) in [5, 5.41) is 4.05. The third-order valence-corrected chi connectivity index (χ3v) is 3.83. The Hall–Kier alpha value is -2.87. The molecule has 0 saturated heterocycles. The Morgan fingerprint density at radius 2 is 2.00 bits per heavy atom. The summed E-state index contributed by atoms with van der Waals surface area (Å²) in [6.07, 6.45) is -2.04. The second-order valence-corrected chi connectivity index (χ2v) is 5.84. The number of nitrogens with one attached hydrogen (secondary N) is 1. The van der Waals surface area contributed by atoms with Gasteiger partial charge in [-0.3, -0.25) is 9.20 Å². The van der Waals surface area contributed by atoms with Gasteiger partial charge in [0.1, 0.15) is 11.3 Å². The number of pyridine rings is 1. The molecule has 2 heterocycles. The standard InChI is InChI=1S/C17H12ClF3N4O/c1-10-15(25-9-12(18)6-7-14(25)23-10)16(26)24-22-8-11-4-2-3-5-13(11)17(19,20)21/h2-9H,1H3,(H,24,26)/b22-8-. The van der Waals surface area contributed by atoms with E-state index >= 15 is 0 Å². The molecule has 134 valence electrons. The van der Waals surface area contributed by atoms with E-state index in [0.717, 1.165) is 12.3 Å². The lowest BCUT2D eigenvalue weighted by Gasteiger charge is -2.09. The van der Waals surface area contributed by atoms with Gasteiger partial charge in [-0.1, -0.05) is 29.8 Å². The number of rotatable bonds is 3. The van der Waals surface area contributed by atoms with Crippen molar-refractivity contribution in [2.24, 2.45) is 5.10 Å². The normalized spacial score (nSPS) is 12.0. The summed E-state index contributed by atoms with van der Waals surface area (Å²) in [5.41, 5.74) is 2.39. The van der Waals surface area contributed by atoms with Gasteiger partial charge in [-0.2, -0.15) is 18.3 Å². The van der Waals surface area contributed by atoms with E-state index in [0.29, 0.717) is 16.4 Å². The molecule has 0 radical (unpaired) electrons. The maximum Gasteiger partial charge on any atom is 0.417 e. The second-order valence-electron chi connectivity index (χ2n) is 5.41. The van der Waals surface area contributed by atoms with Crippen molar-refractivity contribution in [3.05, 3.63) is 70.1 Å². The fourth-order valence-corrected chi connectivity index (χ4v) is 2.65. The lowest BCUT2D eigenvalue weighted by molar-refractivity contribution is -0.137. The number of hydrazone groups is 1. The molecule has 3 rings (SSSR count). The summed E-state index contributed by atoms with van der Waals surface area (Å²) in [6, 6.07) is 8.23. The van der Waals surface area contributed by atoms with E-state index in [1.54, 1.807) is 19.1 Å². The average Bonchev–Trinajstić information content (AvgIpc) is 2.89. The van der Waals surface area contributed by atoms with Gasteiger partial charge < -0.3 is 0 Å². The minimum atomic E-state index is -4.51. The zero-order valence-electron chi connectivity index (χ0n) is 13.4. The summed E-state index contributed by atoms with van der Waals surface area (Å²) < 4.78 is 40.3. The number of imidazole rings is 1. The van der Waals surface area contributed by atoms with Gasteiger partial charge in [0.15, 0.2) is 0 Å². The van der Waals surface area contributed by atoms with Crippen molar-refractivity contribution in [3.8, 4) is 0 Å². The molecule has 0 aliphatic carbocycles. The van der Waals surface area contributed by atoms with Gasteiger partial charge in [-0.05, 0) is 25.1 Å². The monoisotopic (exact) mass is 380 g/mol. The first kappa shape index (κ1) is 17.9. The molecule has 0 saturated carbocycles. The number of halogens is 4. The first-order valence-electron chi connectivity index (χ1n) is 7.41. The number of fused-ring (bicyclic) bond motifs is 1. The Bertz CT molecular complexity index is 1010. The van der Waals surface area contributed by atoms with E-state index in [1.807, 2.05) is 0 Å². The van der Waals surface area contributed by atoms with Crippen molar-refractivity contribution in [2.45, 2.75) is 13.1 Å². The van der Waals surface area contributed by atoms with E-state index in [2.05, 4.69) is 15.5 Å². The molecule has 9 heteroatoms. The van der Waals surface area contributed by atoms with Gasteiger partial charge in [0.25, 0.3) is 5.91 Å². The number of carbonyl (C=O) groups excluding carboxylic acids is 1. The third-order valence-electron chi connectivity index (χ3n) is 3.61. The molecule has 1 amide bonds. The van der Waals surface area contributed by atoms with Gasteiger partial charge in [0.2, 0.25) is 0 Å². The van der Waals surface area contributed by atoms with Crippen molar-refractivity contribution in [1.82, 2.24) is 14.8 Å². The van der Waals surface area contributed by atoms with Crippen LogP contribution >= 0.6 is 11.6 Å². The lowest BCUT2D eigenvalue weighted by atomic mass is 10.1. The van der Waals surface area contributed by atoms with Crippen molar-refractivity contribution in [2.75, 3.05) is 0 Å². The molecule has 0 spiro atoms. The predicted molar refractivity (Wildman–Crippen MR) is 91.4 cm³/mol. The number of aromatic nitrogens is 2. The zero-order chi connectivity index (χ0) is 18.9. The Morgan fingerprint density at radius 3 is 2.73 bits per heavy atom. The fraction of sp³-hybridized carbons (Fsp3) is 0.118. The SMILES string of the molecule is Cc1nc2ccc(Cl)cn2c1C(=O)N/N=C\c1ccccc1C(F)(F)F. The molecule has 1 aromatic carbocycles. The number of nitrogens with zero attached hydrogens (tertiary/aromatic N) is 3. The van der Waals surface area contributed by atoms with Crippen LogP contribution in [0.1, 0.15) is 27.3 Å². The maximum atomic E-state index is 12.9. The van der Waals surface area contributed by atoms with Crippen LogP contribution in [0.15, 0.2) is 47.7 Å². The number of aryl methyl sites for hydroxylation is 1. The molecule has 2 aromatic heterocycles. The van der Waals surface area contributed by atoms with Crippen LogP contribution in [0.25, 0.3) is 5.65 Å². The third kappa shape index (κ3) is 3.55. The van der Waals surface area contributed by atoms with Gasteiger partial charge >= 0.3 is 6.18 Å². The van der Waals surface area contributed by atoms with Gasteiger partial charge in [-0.25, -0.2) is 10.4 Å². The molecule has 5 nitrogen and oxygen atoms in total. The molecule has 26 heavy (non-hydrogen) atoms. The maximum absolute atomic E-state index is 12.9. The first-order valence-corrected chi connectivity index (χ1v) is 7.79. The molecule has 1 N–H and O–H groups in total. The fourth-order valence-electron chi connectivity index (χ4n) is 2.49. The van der Waals surface area contributed by atoms with Crippen molar-refractivity contribution >= 4 is 29.4 Å². The molecular weight excluding hydrogens is 369 g/mol. The van der Waals surface area contributed by atoms with Crippen LogP contribution in [0.3, 0.4) is 0 Å². The Labute approximate surface area is 151 Å². The Morgan fingerprint density at radius 1 is 1.27 bits per heavy atom. The summed E-state index contributed by atoms with van der Waals surface area (Å²) in [5.74, 6) is -0.613. The molecule has 0 fully saturated rings. The average molecular weight is 381 g/mol. The second kappa shape index (κ2) is 6.80. The Kier molecular flexibility index (Phi) is 4.69. The molecule has 0 atom stereocenters. The summed E-state index contributed by atoms with van der Waals surface area (Å²) in [4.78, 5) is 16.6. The first-order chi connectivity index (χ1) is 12.3. The molecule has 0 aliphatic rings. The van der Waals surface area contributed by atoms with E-state index in [4.69, 9.17) is 11.6 Å². The Balaban J connectivity index is 1.86. The minimum Gasteiger partial charge on any atom is -0.294 e. The van der Waals surface area contributed by atoms with Crippen LogP contribution in [0.4, 0.5) is 13.2 Å². The van der Waals surface area contributed by atoms with Crippen LogP contribution in [0.5, 0.6) is 0 Å². The van der Waals surface area contributed by atoms with E-state index < -0.39 is 17.6 Å². The van der Waals surface area contributed by atoms with Crippen LogP contribution in [0, 0.1) is 6.92 Å². The predicted octanol–water partition coefficient (Wildman–Crippen LogP) is 4.08. The molecular formula is C17H12ClF3N4O. The topological polar surface area (TPSA) is 58.8 Å². The molecule has 0 aliphatic heterocycles. The van der Waals surface area contributed by atoms with E-state index in [9.17, 15) is 18.0 Å². The van der Waals surface area contributed by atoms with Crippen molar-refractivity contribution < 1.29 is 18.0 Å². The van der Waals surface area contributed by atoms with Gasteiger partial charge in [0.05, 0.1) is 22.5 Å². The lowest BCUT2D eigenvalue weighted by Crippen LogP contribution is -2.21. The number of alkyl halides is 3. The zero-order valence-corrected chi connectivity index (χ0v) is 14.1. The van der Waals surface area contributed by atoms with Gasteiger partial charge in [0, 0.05) is 11.8 Å². The highest BCUT2D eigenvalue weighted by Gasteiger charge is 2.32. The number of hydrogen-bond donors (Lipinski definition) is 1. The number of hydrogen-bond acceptors (Lipinski definition) is 3. The number of carbonyl (C=O) groups is 1. The highest BCUT2D eigenvalue weighted by molar-refractivity contribution is 6.30. The van der Waals surface area contributed by atoms with E-state index in [1.165, 1.54) is 28.8 Å². The molecule has 0 unspecified atom stereocenters. The van der Waals surface area contributed by atoms with Crippen LogP contribution in [-0.4, -0.2) is 21.5 Å². The summed E-state index contributed by atoms with van der Waals surface area (Å²) in [6.45, 7) is 1.64. The van der Waals surface area contributed by atoms with E-state index in [-0.39, 0.29) is 11.3 Å². The highest BCUT2D eigenvalue weighted by Crippen LogP contribution is 2.31. The number of amides is 1. The molecule has 3 aromatic rings. The minimum absolute atomic E-state index is 0.154. The highest BCUT2D eigenvalue weighted by atomic mass is 35.5. The molecule has 0 bridgehead atoms. The van der Waals surface area contributed by atoms with Crippen LogP contribution in [-0.2, 0) is 6.18 Å². The van der Waals surface area contributed by atoms with Crippen LogP contribution in [0.2, 0.25) is 5.02 Å². The van der Waals surface area contributed by atoms with Crippen LogP contribution < -0.4 is 5.43 Å².